The van der Waals surface area contributed by atoms with Crippen LogP contribution in [0.15, 0.2) is 24.3 Å². The van der Waals surface area contributed by atoms with E-state index in [9.17, 15) is 18.4 Å². The number of aromatic nitrogens is 2. The summed E-state index contributed by atoms with van der Waals surface area (Å²) < 4.78 is 37.9. The lowest BCUT2D eigenvalue weighted by Crippen LogP contribution is -2.35. The average Bonchev–Trinajstić information content (AvgIpc) is 2.22. The number of halogens is 3. The lowest BCUT2D eigenvalue weighted by atomic mass is 10.2. The Hall–Kier alpha value is -1.85. The first-order valence-electron chi connectivity index (χ1n) is 4.47. The number of para-hydroxylation sites is 2. The van der Waals surface area contributed by atoms with Crippen LogP contribution in [-0.2, 0) is 6.18 Å². The van der Waals surface area contributed by atoms with Gasteiger partial charge in [0.1, 0.15) is 5.52 Å². The van der Waals surface area contributed by atoms with Crippen molar-refractivity contribution in [3.05, 3.63) is 40.9 Å². The van der Waals surface area contributed by atoms with Gasteiger partial charge < -0.3 is 5.21 Å². The molecule has 0 bridgehead atoms. The molecular formula is C10H7F3N2O. The predicted molar refractivity (Wildman–Crippen MR) is 50.4 cm³/mol. The van der Waals surface area contributed by atoms with Gasteiger partial charge in [-0.1, -0.05) is 12.1 Å². The van der Waals surface area contributed by atoms with Crippen LogP contribution < -0.4 is 4.73 Å². The van der Waals surface area contributed by atoms with E-state index in [1.807, 2.05) is 0 Å². The summed E-state index contributed by atoms with van der Waals surface area (Å²) >= 11 is 0. The van der Waals surface area contributed by atoms with E-state index in [2.05, 4.69) is 4.98 Å². The van der Waals surface area contributed by atoms with E-state index in [1.54, 1.807) is 6.07 Å². The minimum absolute atomic E-state index is 0.0374. The Morgan fingerprint density at radius 3 is 2.50 bits per heavy atom. The zero-order valence-corrected chi connectivity index (χ0v) is 8.25. The zero-order valence-electron chi connectivity index (χ0n) is 8.25. The van der Waals surface area contributed by atoms with Crippen LogP contribution in [0.2, 0.25) is 0 Å². The molecular weight excluding hydrogens is 221 g/mol. The summed E-state index contributed by atoms with van der Waals surface area (Å²) in [5.41, 5.74) is -1.41. The molecule has 1 heterocycles. The van der Waals surface area contributed by atoms with E-state index < -0.39 is 17.6 Å². The fourth-order valence-electron chi connectivity index (χ4n) is 1.48. The summed E-state index contributed by atoms with van der Waals surface area (Å²) in [4.78, 5) is 3.46. The van der Waals surface area contributed by atoms with Crippen LogP contribution in [0, 0.1) is 12.1 Å². The first-order valence-corrected chi connectivity index (χ1v) is 4.47. The highest BCUT2D eigenvalue weighted by molar-refractivity contribution is 5.70. The minimum atomic E-state index is -4.61. The lowest BCUT2D eigenvalue weighted by Gasteiger charge is -2.10. The fourth-order valence-corrected chi connectivity index (χ4v) is 1.48. The van der Waals surface area contributed by atoms with E-state index in [-0.39, 0.29) is 15.8 Å². The predicted octanol–water partition coefficient (Wildman–Crippen LogP) is 2.20. The van der Waals surface area contributed by atoms with Crippen molar-refractivity contribution in [1.82, 2.24) is 4.98 Å². The third-order valence-electron chi connectivity index (χ3n) is 2.25. The standard InChI is InChI=1S/C10H7F3N2O/c1-6-9(10(11,12)13)14-7-4-2-3-5-8(7)15(6)16/h2-5H,1H3. The van der Waals surface area contributed by atoms with Gasteiger partial charge >= 0.3 is 6.18 Å². The molecule has 0 amide bonds. The van der Waals surface area contributed by atoms with Crippen molar-refractivity contribution in [1.29, 1.82) is 0 Å². The van der Waals surface area contributed by atoms with E-state index in [0.29, 0.717) is 0 Å². The largest absolute Gasteiger partial charge is 0.618 e. The maximum Gasteiger partial charge on any atom is 0.439 e. The molecule has 84 valence electrons. The first kappa shape index (κ1) is 10.7. The summed E-state index contributed by atoms with van der Waals surface area (Å²) in [6.07, 6.45) is -4.61. The Bertz CT molecular complexity index is 551. The summed E-state index contributed by atoms with van der Waals surface area (Å²) in [6, 6.07) is 5.91. The van der Waals surface area contributed by atoms with Gasteiger partial charge in [-0.15, -0.1) is 0 Å². The molecule has 6 heteroatoms. The Kier molecular flexibility index (Phi) is 2.22. The van der Waals surface area contributed by atoms with Crippen LogP contribution in [-0.4, -0.2) is 4.98 Å². The highest BCUT2D eigenvalue weighted by Crippen LogP contribution is 2.29. The van der Waals surface area contributed by atoms with Crippen molar-refractivity contribution < 1.29 is 17.9 Å². The van der Waals surface area contributed by atoms with Gasteiger partial charge in [-0.2, -0.15) is 17.9 Å². The van der Waals surface area contributed by atoms with Gasteiger partial charge in [0.2, 0.25) is 16.9 Å². The monoisotopic (exact) mass is 228 g/mol. The maximum atomic E-state index is 12.5. The van der Waals surface area contributed by atoms with Gasteiger partial charge in [0, 0.05) is 13.0 Å². The molecule has 2 rings (SSSR count). The number of rotatable bonds is 0. The molecule has 1 aromatic heterocycles. The molecule has 0 aliphatic carbocycles. The van der Waals surface area contributed by atoms with Crippen molar-refractivity contribution in [2.24, 2.45) is 0 Å². The van der Waals surface area contributed by atoms with Gasteiger partial charge in [0.15, 0.2) is 0 Å². The molecule has 16 heavy (non-hydrogen) atoms. The SMILES string of the molecule is Cc1c(C(F)(F)F)nc2ccccc2[n+]1[O-]. The van der Waals surface area contributed by atoms with E-state index in [1.165, 1.54) is 18.2 Å². The summed E-state index contributed by atoms with van der Waals surface area (Å²) in [5.74, 6) is 0. The van der Waals surface area contributed by atoms with Crippen LogP contribution >= 0.6 is 0 Å². The third kappa shape index (κ3) is 1.56. The van der Waals surface area contributed by atoms with Crippen LogP contribution in [0.5, 0.6) is 0 Å². The number of hydrogen-bond acceptors (Lipinski definition) is 2. The van der Waals surface area contributed by atoms with Crippen molar-refractivity contribution in [2.75, 3.05) is 0 Å². The normalized spacial score (nSPS) is 12.0. The molecule has 0 N–H and O–H groups in total. The van der Waals surface area contributed by atoms with Crippen molar-refractivity contribution >= 4 is 11.0 Å². The van der Waals surface area contributed by atoms with Crippen LogP contribution in [0.3, 0.4) is 0 Å². The number of alkyl halides is 3. The Balaban J connectivity index is 2.84. The highest BCUT2D eigenvalue weighted by Gasteiger charge is 2.38. The van der Waals surface area contributed by atoms with Gasteiger partial charge in [-0.05, 0) is 6.07 Å². The molecule has 0 radical (unpaired) electrons. The fraction of sp³-hybridized carbons (Fsp3) is 0.200. The number of nitrogens with zero attached hydrogens (tertiary/aromatic N) is 2. The molecule has 2 aromatic rings. The molecule has 0 unspecified atom stereocenters. The molecule has 0 aliphatic heterocycles. The third-order valence-corrected chi connectivity index (χ3v) is 2.25. The molecule has 0 spiro atoms. The smallest absolute Gasteiger partial charge is 0.439 e. The molecule has 0 saturated heterocycles. The minimum Gasteiger partial charge on any atom is -0.618 e. The molecule has 3 nitrogen and oxygen atoms in total. The summed E-state index contributed by atoms with van der Waals surface area (Å²) in [6.45, 7) is 1.11. The van der Waals surface area contributed by atoms with Crippen LogP contribution in [0.25, 0.3) is 11.0 Å². The summed E-state index contributed by atoms with van der Waals surface area (Å²) in [5, 5.41) is 11.6. The Morgan fingerprint density at radius 2 is 1.88 bits per heavy atom. The van der Waals surface area contributed by atoms with Crippen LogP contribution in [0.1, 0.15) is 11.4 Å². The molecule has 1 aromatic carbocycles. The second kappa shape index (κ2) is 3.33. The van der Waals surface area contributed by atoms with Crippen molar-refractivity contribution in [3.63, 3.8) is 0 Å². The van der Waals surface area contributed by atoms with Gasteiger partial charge in [-0.25, -0.2) is 4.98 Å². The number of fused-ring (bicyclic) bond motifs is 1. The quantitative estimate of drug-likeness (QED) is 0.512. The second-order valence-electron chi connectivity index (χ2n) is 3.33. The lowest BCUT2D eigenvalue weighted by molar-refractivity contribution is -0.586. The summed E-state index contributed by atoms with van der Waals surface area (Å²) in [7, 11) is 0. The van der Waals surface area contributed by atoms with E-state index in [4.69, 9.17) is 0 Å². The number of benzene rings is 1. The van der Waals surface area contributed by atoms with Crippen LogP contribution in [0.4, 0.5) is 13.2 Å². The molecule has 0 fully saturated rings. The first-order chi connectivity index (χ1) is 7.41. The average molecular weight is 228 g/mol. The van der Waals surface area contributed by atoms with Gasteiger partial charge in [-0.3, -0.25) is 0 Å². The molecule has 0 atom stereocenters. The topological polar surface area (TPSA) is 39.8 Å². The van der Waals surface area contributed by atoms with Crippen molar-refractivity contribution in [2.45, 2.75) is 13.1 Å². The van der Waals surface area contributed by atoms with Gasteiger partial charge in [0.05, 0.1) is 0 Å². The Labute approximate surface area is 88.7 Å². The van der Waals surface area contributed by atoms with E-state index >= 15 is 0 Å². The Morgan fingerprint density at radius 1 is 1.25 bits per heavy atom. The van der Waals surface area contributed by atoms with Crippen molar-refractivity contribution in [3.8, 4) is 0 Å². The zero-order chi connectivity index (χ0) is 11.9. The second-order valence-corrected chi connectivity index (χ2v) is 3.33. The highest BCUT2D eigenvalue weighted by atomic mass is 19.4. The number of hydrogen-bond donors (Lipinski definition) is 0. The maximum absolute atomic E-state index is 12.5. The molecule has 0 saturated carbocycles. The molecule has 0 aliphatic rings. The van der Waals surface area contributed by atoms with Gasteiger partial charge in [0.25, 0.3) is 0 Å². The van der Waals surface area contributed by atoms with E-state index in [0.717, 1.165) is 6.92 Å².